The highest BCUT2D eigenvalue weighted by molar-refractivity contribution is 6.39. The van der Waals surface area contributed by atoms with Crippen LogP contribution in [0.25, 0.3) is 0 Å². The lowest BCUT2D eigenvalue weighted by molar-refractivity contribution is -0.139. The minimum atomic E-state index is -0.139. The molecule has 1 aromatic rings. The van der Waals surface area contributed by atoms with Crippen LogP contribution in [0.2, 0.25) is 0 Å². The van der Waals surface area contributed by atoms with Gasteiger partial charge in [0, 0.05) is 24.9 Å². The largest absolute Gasteiger partial charge is 0.296 e. The molecule has 1 aromatic carbocycles. The Hall–Kier alpha value is -1.74. The molecule has 0 amide bonds. The summed E-state index contributed by atoms with van der Waals surface area (Å²) in [5.74, 6) is -0.324. The number of likely N-dealkylation sites (tertiary alicyclic amines) is 1. The summed E-state index contributed by atoms with van der Waals surface area (Å²) in [6, 6.07) is 11.2. The van der Waals surface area contributed by atoms with E-state index in [9.17, 15) is 9.59 Å². The van der Waals surface area contributed by atoms with Gasteiger partial charge in [-0.1, -0.05) is 41.5 Å². The Labute approximate surface area is 143 Å². The van der Waals surface area contributed by atoms with Crippen LogP contribution in [0.3, 0.4) is 0 Å². The number of Topliss-reactive ketones (excluding diaryl/α,β-unsaturated/α-hetero) is 2. The van der Waals surface area contributed by atoms with Crippen LogP contribution in [-0.4, -0.2) is 35.6 Å². The van der Waals surface area contributed by atoms with E-state index in [1.165, 1.54) is 23.1 Å². The molecule has 3 nitrogen and oxygen atoms in total. The lowest BCUT2D eigenvalue weighted by Gasteiger charge is -2.44. The van der Waals surface area contributed by atoms with E-state index in [4.69, 9.17) is 0 Å². The first-order chi connectivity index (χ1) is 11.7. The van der Waals surface area contributed by atoms with Crippen LogP contribution < -0.4 is 0 Å². The van der Waals surface area contributed by atoms with E-state index in [1.54, 1.807) is 0 Å². The smallest absolute Gasteiger partial charge is 0.205 e. The van der Waals surface area contributed by atoms with E-state index in [0.717, 1.165) is 45.2 Å². The highest BCUT2D eigenvalue weighted by Crippen LogP contribution is 2.42. The third-order valence-corrected chi connectivity index (χ3v) is 6.04. The fourth-order valence-corrected chi connectivity index (χ4v) is 4.84. The number of benzene rings is 1. The summed E-state index contributed by atoms with van der Waals surface area (Å²) in [5.41, 5.74) is 4.23. The standard InChI is InChI=1S/C21H25NO2/c23-20-11-9-16-17-7-4-13-22(14-12-15-5-2-1-3-6-15)19(17)10-8-18(16)21(20)24/h1-3,5-6,18-19H,4,7-14H2. The summed E-state index contributed by atoms with van der Waals surface area (Å²) in [6.07, 6.45) is 6.56. The van der Waals surface area contributed by atoms with E-state index >= 15 is 0 Å². The Morgan fingerprint density at radius 2 is 1.79 bits per heavy atom. The summed E-state index contributed by atoms with van der Waals surface area (Å²) in [7, 11) is 0. The highest BCUT2D eigenvalue weighted by Gasteiger charge is 2.41. The van der Waals surface area contributed by atoms with Gasteiger partial charge in [0.1, 0.15) is 0 Å². The third kappa shape index (κ3) is 2.86. The molecule has 3 heteroatoms. The molecule has 1 saturated heterocycles. The van der Waals surface area contributed by atoms with Crippen molar-refractivity contribution >= 4 is 11.6 Å². The summed E-state index contributed by atoms with van der Waals surface area (Å²) >= 11 is 0. The molecule has 1 saturated carbocycles. The summed E-state index contributed by atoms with van der Waals surface area (Å²) in [5, 5.41) is 0. The zero-order valence-corrected chi connectivity index (χ0v) is 14.2. The number of hydrogen-bond acceptors (Lipinski definition) is 3. The molecule has 2 unspecified atom stereocenters. The van der Waals surface area contributed by atoms with Crippen molar-refractivity contribution in [1.82, 2.24) is 4.90 Å². The second-order valence-electron chi connectivity index (χ2n) is 7.36. The van der Waals surface area contributed by atoms with Crippen molar-refractivity contribution in [3.63, 3.8) is 0 Å². The van der Waals surface area contributed by atoms with E-state index in [2.05, 4.69) is 35.2 Å². The normalized spacial score (nSPS) is 27.8. The Balaban J connectivity index is 1.52. The van der Waals surface area contributed by atoms with Crippen LogP contribution in [0.5, 0.6) is 0 Å². The van der Waals surface area contributed by atoms with Gasteiger partial charge >= 0.3 is 0 Å². The van der Waals surface area contributed by atoms with Crippen molar-refractivity contribution in [1.29, 1.82) is 0 Å². The lowest BCUT2D eigenvalue weighted by atomic mass is 9.69. The molecule has 2 atom stereocenters. The highest BCUT2D eigenvalue weighted by atomic mass is 16.2. The summed E-state index contributed by atoms with van der Waals surface area (Å²) in [6.45, 7) is 2.24. The van der Waals surface area contributed by atoms with Gasteiger partial charge in [-0.3, -0.25) is 14.5 Å². The van der Waals surface area contributed by atoms with Gasteiger partial charge in [0.15, 0.2) is 5.78 Å². The average Bonchev–Trinajstić information content (AvgIpc) is 2.63. The van der Waals surface area contributed by atoms with Gasteiger partial charge in [0.25, 0.3) is 0 Å². The Morgan fingerprint density at radius 3 is 2.62 bits per heavy atom. The van der Waals surface area contributed by atoms with Gasteiger partial charge in [-0.05, 0) is 50.6 Å². The molecule has 0 radical (unpaired) electrons. The van der Waals surface area contributed by atoms with Gasteiger partial charge in [-0.25, -0.2) is 0 Å². The first-order valence-corrected chi connectivity index (χ1v) is 9.31. The van der Waals surface area contributed by atoms with Gasteiger partial charge in [-0.15, -0.1) is 0 Å². The molecule has 126 valence electrons. The van der Waals surface area contributed by atoms with E-state index in [0.29, 0.717) is 12.5 Å². The molecular formula is C21H25NO2. The Bertz CT molecular complexity index is 676. The number of nitrogens with zero attached hydrogens (tertiary/aromatic N) is 1. The third-order valence-electron chi connectivity index (χ3n) is 6.04. The molecule has 0 bridgehead atoms. The number of carbonyl (C=O) groups excluding carboxylic acids is 2. The molecule has 24 heavy (non-hydrogen) atoms. The number of carbonyl (C=O) groups is 2. The van der Waals surface area contributed by atoms with Crippen molar-refractivity contribution < 1.29 is 9.59 Å². The van der Waals surface area contributed by atoms with Crippen LogP contribution in [0.4, 0.5) is 0 Å². The number of ketones is 2. The summed E-state index contributed by atoms with van der Waals surface area (Å²) in [4.78, 5) is 26.6. The lowest BCUT2D eigenvalue weighted by Crippen LogP contribution is -2.47. The monoisotopic (exact) mass is 323 g/mol. The molecule has 1 aliphatic heterocycles. The van der Waals surface area contributed by atoms with Gasteiger partial charge in [-0.2, -0.15) is 0 Å². The second-order valence-corrected chi connectivity index (χ2v) is 7.36. The van der Waals surface area contributed by atoms with Crippen LogP contribution in [0.1, 0.15) is 44.1 Å². The van der Waals surface area contributed by atoms with Gasteiger partial charge in [0.2, 0.25) is 5.78 Å². The number of allylic oxidation sites excluding steroid dienone is 1. The number of fused-ring (bicyclic) bond motifs is 2. The summed E-state index contributed by atoms with van der Waals surface area (Å²) < 4.78 is 0. The first kappa shape index (κ1) is 15.8. The van der Waals surface area contributed by atoms with E-state index < -0.39 is 0 Å². The van der Waals surface area contributed by atoms with Crippen molar-refractivity contribution in [3.8, 4) is 0 Å². The Kier molecular flexibility index (Phi) is 4.36. The SMILES string of the molecule is O=C1CCC2=C3CCCN(CCc4ccccc4)C3CCC2C1=O. The molecule has 0 N–H and O–H groups in total. The molecule has 2 fully saturated rings. The van der Waals surface area contributed by atoms with E-state index in [-0.39, 0.29) is 17.5 Å². The van der Waals surface area contributed by atoms with E-state index in [1.807, 2.05) is 0 Å². The zero-order valence-electron chi connectivity index (χ0n) is 14.2. The predicted molar refractivity (Wildman–Crippen MR) is 93.7 cm³/mol. The number of rotatable bonds is 3. The maximum absolute atomic E-state index is 12.2. The van der Waals surface area contributed by atoms with Gasteiger partial charge < -0.3 is 0 Å². The minimum Gasteiger partial charge on any atom is -0.296 e. The maximum Gasteiger partial charge on any atom is 0.205 e. The maximum atomic E-state index is 12.2. The fourth-order valence-electron chi connectivity index (χ4n) is 4.84. The fraction of sp³-hybridized carbons (Fsp3) is 0.524. The first-order valence-electron chi connectivity index (χ1n) is 9.31. The van der Waals surface area contributed by atoms with Crippen LogP contribution in [0.15, 0.2) is 41.5 Å². The van der Waals surface area contributed by atoms with Gasteiger partial charge in [0.05, 0.1) is 0 Å². The van der Waals surface area contributed by atoms with Crippen molar-refractivity contribution in [2.75, 3.05) is 13.1 Å². The minimum absolute atomic E-state index is 0.0772. The van der Waals surface area contributed by atoms with Crippen LogP contribution in [-0.2, 0) is 16.0 Å². The number of hydrogen-bond donors (Lipinski definition) is 0. The molecule has 4 rings (SSSR count). The quantitative estimate of drug-likeness (QED) is 0.632. The predicted octanol–water partition coefficient (Wildman–Crippen LogP) is 3.33. The molecule has 3 aliphatic rings. The zero-order chi connectivity index (χ0) is 16.5. The molecule has 1 heterocycles. The molecular weight excluding hydrogens is 298 g/mol. The van der Waals surface area contributed by atoms with Crippen LogP contribution >= 0.6 is 0 Å². The van der Waals surface area contributed by atoms with Crippen molar-refractivity contribution in [2.45, 2.75) is 51.0 Å². The topological polar surface area (TPSA) is 37.4 Å². The molecule has 2 aliphatic carbocycles. The van der Waals surface area contributed by atoms with Crippen molar-refractivity contribution in [3.05, 3.63) is 47.0 Å². The van der Waals surface area contributed by atoms with Crippen molar-refractivity contribution in [2.24, 2.45) is 5.92 Å². The number of piperidine rings is 1. The van der Waals surface area contributed by atoms with Crippen LogP contribution in [0, 0.1) is 5.92 Å². The second kappa shape index (κ2) is 6.64. The molecule has 0 spiro atoms. The molecule has 0 aromatic heterocycles. The Morgan fingerprint density at radius 1 is 0.958 bits per heavy atom. The average molecular weight is 323 g/mol.